The largest absolute Gasteiger partial charge is 0.469 e. The van der Waals surface area contributed by atoms with Crippen molar-refractivity contribution in [3.05, 3.63) is 42.0 Å². The van der Waals surface area contributed by atoms with Gasteiger partial charge in [-0.15, -0.1) is 11.7 Å². The number of allylic oxidation sites excluding steroid dienone is 1. The lowest BCUT2D eigenvalue weighted by atomic mass is 9.97. The number of carbonyl (C=O) groups excluding carboxylic acids is 1. The number of rotatable bonds is 6. The lowest BCUT2D eigenvalue weighted by molar-refractivity contribution is -0.929. The van der Waals surface area contributed by atoms with Crippen LogP contribution in [0.1, 0.15) is 12.8 Å². The molecule has 0 aromatic carbocycles. The number of esters is 1. The third-order valence-corrected chi connectivity index (χ3v) is 5.19. The predicted molar refractivity (Wildman–Crippen MR) is 99.9 cm³/mol. The Hall–Kier alpha value is -2.32. The van der Waals surface area contributed by atoms with Crippen molar-refractivity contribution in [3.8, 4) is 11.4 Å². The topological polar surface area (TPSA) is 66.4 Å². The summed E-state index contributed by atoms with van der Waals surface area (Å²) in [5.41, 5.74) is 0.929. The van der Waals surface area contributed by atoms with Gasteiger partial charge in [-0.25, -0.2) is 0 Å². The third-order valence-electron chi connectivity index (χ3n) is 4.75. The highest BCUT2D eigenvalue weighted by molar-refractivity contribution is 7.71. The van der Waals surface area contributed by atoms with Crippen LogP contribution in [-0.2, 0) is 22.7 Å². The van der Waals surface area contributed by atoms with Crippen molar-refractivity contribution < 1.29 is 14.4 Å². The van der Waals surface area contributed by atoms with Crippen LogP contribution in [0.25, 0.3) is 11.4 Å². The van der Waals surface area contributed by atoms with Gasteiger partial charge in [0.05, 0.1) is 26.1 Å². The van der Waals surface area contributed by atoms with Gasteiger partial charge in [-0.05, 0) is 24.4 Å². The summed E-state index contributed by atoms with van der Waals surface area (Å²) in [5.74, 6) is 0.711. The number of piperidine rings is 1. The number of aromatic nitrogens is 4. The first-order chi connectivity index (χ1) is 12.6. The van der Waals surface area contributed by atoms with Crippen molar-refractivity contribution in [3.63, 3.8) is 0 Å². The molecule has 1 aliphatic rings. The van der Waals surface area contributed by atoms with Crippen molar-refractivity contribution in [2.75, 3.05) is 20.2 Å². The number of carbonyl (C=O) groups is 1. The number of hydrogen-bond acceptors (Lipinski definition) is 5. The number of hydrogen-bond donors (Lipinski definition) is 1. The van der Waals surface area contributed by atoms with Gasteiger partial charge < -0.3 is 9.64 Å². The molecule has 3 heterocycles. The zero-order valence-electron chi connectivity index (χ0n) is 14.9. The van der Waals surface area contributed by atoms with Crippen LogP contribution in [0.5, 0.6) is 0 Å². The Balaban J connectivity index is 1.78. The second-order valence-corrected chi connectivity index (χ2v) is 6.82. The highest BCUT2D eigenvalue weighted by Crippen LogP contribution is 2.17. The Morgan fingerprint density at radius 1 is 1.50 bits per heavy atom. The maximum Gasteiger partial charge on any atom is 0.309 e. The van der Waals surface area contributed by atoms with Gasteiger partial charge in [-0.3, -0.25) is 14.3 Å². The van der Waals surface area contributed by atoms with Crippen LogP contribution < -0.4 is 4.90 Å². The molecule has 8 heteroatoms. The molecule has 3 rings (SSSR count). The van der Waals surface area contributed by atoms with E-state index in [0.717, 1.165) is 37.3 Å². The highest BCUT2D eigenvalue weighted by atomic mass is 32.1. The SMILES string of the molecule is C=CCn1c(-c2cccnc2)nn(C[NH+]2CCC(C(=O)OC)CC2)c1=S. The fourth-order valence-electron chi connectivity index (χ4n) is 3.34. The predicted octanol–water partition coefficient (Wildman–Crippen LogP) is 1.09. The Morgan fingerprint density at radius 2 is 2.27 bits per heavy atom. The Kier molecular flexibility index (Phi) is 5.95. The summed E-state index contributed by atoms with van der Waals surface area (Å²) in [4.78, 5) is 17.2. The number of nitrogens with one attached hydrogen (secondary N) is 1. The molecule has 1 saturated heterocycles. The number of pyridine rings is 1. The van der Waals surface area contributed by atoms with Crippen LogP contribution >= 0.6 is 12.2 Å². The van der Waals surface area contributed by atoms with Crippen molar-refractivity contribution in [2.45, 2.75) is 26.1 Å². The summed E-state index contributed by atoms with van der Waals surface area (Å²) >= 11 is 5.64. The van der Waals surface area contributed by atoms with Crippen molar-refractivity contribution in [1.29, 1.82) is 0 Å². The molecule has 0 aliphatic carbocycles. The van der Waals surface area contributed by atoms with Gasteiger partial charge in [0.25, 0.3) is 0 Å². The molecule has 7 nitrogen and oxygen atoms in total. The Morgan fingerprint density at radius 3 is 2.88 bits per heavy atom. The molecule has 26 heavy (non-hydrogen) atoms. The summed E-state index contributed by atoms with van der Waals surface area (Å²) < 4.78 is 9.37. The summed E-state index contributed by atoms with van der Waals surface area (Å²) in [6, 6.07) is 3.86. The highest BCUT2D eigenvalue weighted by Gasteiger charge is 2.28. The van der Waals surface area contributed by atoms with Crippen molar-refractivity contribution in [2.24, 2.45) is 5.92 Å². The minimum Gasteiger partial charge on any atom is -0.469 e. The summed E-state index contributed by atoms with van der Waals surface area (Å²) in [6.07, 6.45) is 7.00. The van der Waals surface area contributed by atoms with E-state index in [1.807, 2.05) is 27.5 Å². The van der Waals surface area contributed by atoms with Crippen LogP contribution in [0.15, 0.2) is 37.2 Å². The minimum absolute atomic E-state index is 0.0148. The summed E-state index contributed by atoms with van der Waals surface area (Å²) in [6.45, 7) is 6.91. The first-order valence-electron chi connectivity index (χ1n) is 8.74. The van der Waals surface area contributed by atoms with Crippen LogP contribution in [-0.4, -0.2) is 45.5 Å². The Labute approximate surface area is 157 Å². The lowest BCUT2D eigenvalue weighted by Crippen LogP contribution is -3.12. The molecule has 2 aromatic rings. The van der Waals surface area contributed by atoms with Gasteiger partial charge in [-0.2, -0.15) is 4.68 Å². The van der Waals surface area contributed by atoms with Crippen LogP contribution in [0.4, 0.5) is 0 Å². The van der Waals surface area contributed by atoms with E-state index in [1.54, 1.807) is 12.4 Å². The lowest BCUT2D eigenvalue weighted by Gasteiger charge is -2.27. The summed E-state index contributed by atoms with van der Waals surface area (Å²) in [7, 11) is 1.45. The molecule has 0 spiro atoms. The molecule has 0 amide bonds. The molecule has 138 valence electrons. The molecule has 2 aromatic heterocycles. The number of nitrogens with zero attached hydrogens (tertiary/aromatic N) is 4. The van der Waals surface area contributed by atoms with Crippen LogP contribution in [0, 0.1) is 10.7 Å². The molecule has 0 unspecified atom stereocenters. The number of ether oxygens (including phenoxy) is 1. The maximum atomic E-state index is 11.7. The van der Waals surface area contributed by atoms with Crippen LogP contribution in [0.3, 0.4) is 0 Å². The van der Waals surface area contributed by atoms with Crippen molar-refractivity contribution in [1.82, 2.24) is 19.3 Å². The number of quaternary nitrogens is 1. The van der Waals surface area contributed by atoms with Crippen LogP contribution in [0.2, 0.25) is 0 Å². The fourth-order valence-corrected chi connectivity index (χ4v) is 3.61. The molecular weight excluding hydrogens is 350 g/mol. The number of methoxy groups -OCH3 is 1. The zero-order chi connectivity index (χ0) is 18.5. The van der Waals surface area contributed by atoms with Gasteiger partial charge >= 0.3 is 5.97 Å². The molecular formula is C18H24N5O2S+. The summed E-state index contributed by atoms with van der Waals surface area (Å²) in [5, 5.41) is 4.74. The normalized spacial score (nSPS) is 19.9. The third kappa shape index (κ3) is 3.91. The minimum atomic E-state index is -0.102. The molecule has 1 N–H and O–H groups in total. The smallest absolute Gasteiger partial charge is 0.309 e. The van der Waals surface area contributed by atoms with E-state index in [1.165, 1.54) is 12.0 Å². The monoisotopic (exact) mass is 374 g/mol. The van der Waals surface area contributed by atoms with E-state index in [-0.39, 0.29) is 11.9 Å². The fraction of sp³-hybridized carbons (Fsp3) is 0.444. The zero-order valence-corrected chi connectivity index (χ0v) is 15.7. The van der Waals surface area contributed by atoms with Gasteiger partial charge in [0.1, 0.15) is 0 Å². The van der Waals surface area contributed by atoms with E-state index < -0.39 is 0 Å². The van der Waals surface area contributed by atoms with E-state index in [4.69, 9.17) is 22.1 Å². The van der Waals surface area contributed by atoms with Crippen molar-refractivity contribution >= 4 is 18.2 Å². The molecule has 0 atom stereocenters. The molecule has 1 aliphatic heterocycles. The van der Waals surface area contributed by atoms with Gasteiger partial charge in [-0.1, -0.05) is 6.08 Å². The standard InChI is InChI=1S/C18H23N5O2S/c1-3-9-22-16(15-5-4-8-19-12-15)20-23(18(22)26)13-21-10-6-14(7-11-21)17(24)25-2/h3-5,8,12,14H,1,6-7,9-11,13H2,2H3/p+1. The first kappa shape index (κ1) is 18.5. The van der Waals surface area contributed by atoms with E-state index in [0.29, 0.717) is 18.0 Å². The maximum absolute atomic E-state index is 11.7. The molecule has 0 saturated carbocycles. The molecule has 0 radical (unpaired) electrons. The number of likely N-dealkylation sites (tertiary alicyclic amines) is 1. The quantitative estimate of drug-likeness (QED) is 0.466. The van der Waals surface area contributed by atoms with Gasteiger partial charge in [0.2, 0.25) is 4.77 Å². The first-order valence-corrected chi connectivity index (χ1v) is 9.15. The van der Waals surface area contributed by atoms with E-state index in [2.05, 4.69) is 11.6 Å². The average Bonchev–Trinajstić information content (AvgIpc) is 2.99. The van der Waals surface area contributed by atoms with Gasteiger partial charge in [0, 0.05) is 37.3 Å². The molecule has 1 fully saturated rings. The average molecular weight is 374 g/mol. The second-order valence-electron chi connectivity index (χ2n) is 6.45. The van der Waals surface area contributed by atoms with Gasteiger partial charge in [0.15, 0.2) is 12.5 Å². The van der Waals surface area contributed by atoms with E-state index in [9.17, 15) is 4.79 Å². The van der Waals surface area contributed by atoms with E-state index >= 15 is 0 Å². The second kappa shape index (κ2) is 8.37. The Bertz CT molecular complexity index is 822. The molecule has 0 bridgehead atoms.